The Morgan fingerprint density at radius 2 is 1.74 bits per heavy atom. The molecule has 1 heterocycles. The maximum Gasteiger partial charge on any atom is 0.295 e. The van der Waals surface area contributed by atoms with Gasteiger partial charge in [-0.25, -0.2) is 0 Å². The summed E-state index contributed by atoms with van der Waals surface area (Å²) < 4.78 is 21.7. The third-order valence-electron chi connectivity index (χ3n) is 5.45. The zero-order valence-corrected chi connectivity index (χ0v) is 21.6. The van der Waals surface area contributed by atoms with Gasteiger partial charge >= 0.3 is 0 Å². The van der Waals surface area contributed by atoms with E-state index in [1.807, 2.05) is 13.8 Å². The average molecular weight is 524 g/mol. The van der Waals surface area contributed by atoms with Gasteiger partial charge in [0, 0.05) is 19.2 Å². The Labute approximate surface area is 213 Å². The molecule has 1 unspecified atom stereocenters. The number of amides is 1. The number of aliphatic hydroxyl groups excluding tert-OH is 1. The topological polar surface area (TPSA) is 94.5 Å². The first-order valence-electron chi connectivity index (χ1n) is 10.8. The second-order valence-electron chi connectivity index (χ2n) is 7.98. The van der Waals surface area contributed by atoms with E-state index in [-0.39, 0.29) is 51.9 Å². The largest absolute Gasteiger partial charge is 0.507 e. The Bertz CT molecular complexity index is 1160. The second kappa shape index (κ2) is 11.2. The zero-order chi connectivity index (χ0) is 25.9. The molecular formula is C25H27Cl2NO7. The van der Waals surface area contributed by atoms with Gasteiger partial charge in [0.15, 0.2) is 11.5 Å². The summed E-state index contributed by atoms with van der Waals surface area (Å²) in [5.74, 6) is -1.48. The Balaban J connectivity index is 2.32. The maximum atomic E-state index is 13.3. The Hall–Kier alpha value is -2.94. The number of aliphatic hydroxyl groups is 1. The van der Waals surface area contributed by atoms with Crippen LogP contribution in [-0.4, -0.2) is 62.3 Å². The van der Waals surface area contributed by atoms with Gasteiger partial charge in [-0.3, -0.25) is 9.59 Å². The lowest BCUT2D eigenvalue weighted by atomic mass is 9.94. The normalized spacial score (nSPS) is 17.3. The van der Waals surface area contributed by atoms with Crippen molar-refractivity contribution in [2.75, 3.05) is 34.5 Å². The molecule has 1 amide bonds. The van der Waals surface area contributed by atoms with Gasteiger partial charge < -0.3 is 29.0 Å². The Morgan fingerprint density at radius 1 is 1.09 bits per heavy atom. The second-order valence-corrected chi connectivity index (χ2v) is 8.76. The highest BCUT2D eigenvalue weighted by Crippen LogP contribution is 2.48. The Kier molecular flexibility index (Phi) is 8.53. The SMILES string of the molecule is COCCN1C(=O)C(=O)/C(=C(/O)c2cc(Cl)c(OC)c(Cl)c2OC)C1c1ccccc1OC(C)C. The number of ketones is 1. The van der Waals surface area contributed by atoms with Gasteiger partial charge in [-0.1, -0.05) is 41.4 Å². The number of likely N-dealkylation sites (tertiary alicyclic amines) is 1. The first kappa shape index (κ1) is 26.7. The van der Waals surface area contributed by atoms with E-state index in [1.54, 1.807) is 24.3 Å². The minimum absolute atomic E-state index is 0.0118. The molecule has 0 radical (unpaired) electrons. The van der Waals surface area contributed by atoms with E-state index in [1.165, 1.54) is 32.3 Å². The number of rotatable bonds is 9. The number of halogens is 2. The molecule has 2 aromatic rings. The molecule has 0 saturated carbocycles. The highest BCUT2D eigenvalue weighted by atomic mass is 35.5. The summed E-state index contributed by atoms with van der Waals surface area (Å²) >= 11 is 12.7. The van der Waals surface area contributed by atoms with Crippen molar-refractivity contribution in [3.05, 3.63) is 57.1 Å². The van der Waals surface area contributed by atoms with E-state index in [4.69, 9.17) is 42.1 Å². The average Bonchev–Trinajstić information content (AvgIpc) is 3.06. The first-order chi connectivity index (χ1) is 16.7. The van der Waals surface area contributed by atoms with Crippen LogP contribution in [0.15, 0.2) is 35.9 Å². The molecule has 3 rings (SSSR count). The molecule has 10 heteroatoms. The molecule has 1 saturated heterocycles. The number of hydrogen-bond donors (Lipinski definition) is 1. The van der Waals surface area contributed by atoms with Gasteiger partial charge in [0.25, 0.3) is 11.7 Å². The molecular weight excluding hydrogens is 497 g/mol. The van der Waals surface area contributed by atoms with Crippen molar-refractivity contribution in [3.63, 3.8) is 0 Å². The molecule has 188 valence electrons. The van der Waals surface area contributed by atoms with E-state index in [2.05, 4.69) is 0 Å². The first-order valence-corrected chi connectivity index (χ1v) is 11.6. The van der Waals surface area contributed by atoms with Crippen molar-refractivity contribution in [1.82, 2.24) is 4.90 Å². The van der Waals surface area contributed by atoms with E-state index < -0.39 is 23.5 Å². The Morgan fingerprint density at radius 3 is 2.34 bits per heavy atom. The highest BCUT2D eigenvalue weighted by Gasteiger charge is 2.47. The van der Waals surface area contributed by atoms with Crippen LogP contribution >= 0.6 is 23.2 Å². The number of nitrogens with zero attached hydrogens (tertiary/aromatic N) is 1. The van der Waals surface area contributed by atoms with Gasteiger partial charge in [0.2, 0.25) is 0 Å². The zero-order valence-electron chi connectivity index (χ0n) is 20.1. The standard InChI is InChI=1S/C25H27Cl2NO7/c1-13(2)35-17-9-7-6-8-14(17)20-18(22(30)25(31)28(20)10-11-32-3)21(29)15-12-16(26)24(34-5)19(27)23(15)33-4/h6-9,12-13,20,29H,10-11H2,1-5H3/b21-18+. The number of carbonyl (C=O) groups is 2. The fourth-order valence-electron chi connectivity index (χ4n) is 3.98. The number of Topliss-reactive ketones (excluding diaryl/α,β-unsaturated/α-hetero) is 1. The van der Waals surface area contributed by atoms with Crippen LogP contribution in [0, 0.1) is 0 Å². The maximum absolute atomic E-state index is 13.3. The van der Waals surface area contributed by atoms with Crippen LogP contribution in [0.3, 0.4) is 0 Å². The van der Waals surface area contributed by atoms with Gasteiger partial charge in [-0.05, 0) is 26.0 Å². The molecule has 0 spiro atoms. The van der Waals surface area contributed by atoms with Gasteiger partial charge in [-0.15, -0.1) is 0 Å². The van der Waals surface area contributed by atoms with E-state index in [0.717, 1.165) is 0 Å². The molecule has 1 aliphatic heterocycles. The number of benzene rings is 2. The molecule has 2 aromatic carbocycles. The van der Waals surface area contributed by atoms with Gasteiger partial charge in [-0.2, -0.15) is 0 Å². The molecule has 1 fully saturated rings. The van der Waals surface area contributed by atoms with Crippen LogP contribution in [-0.2, 0) is 14.3 Å². The smallest absolute Gasteiger partial charge is 0.295 e. The molecule has 0 aromatic heterocycles. The molecule has 1 atom stereocenters. The van der Waals surface area contributed by atoms with Crippen molar-refractivity contribution in [2.45, 2.75) is 26.0 Å². The van der Waals surface area contributed by atoms with Gasteiger partial charge in [0.1, 0.15) is 16.5 Å². The van der Waals surface area contributed by atoms with Crippen molar-refractivity contribution in [3.8, 4) is 17.2 Å². The quantitative estimate of drug-likeness (QED) is 0.284. The number of para-hydroxylation sites is 1. The number of methoxy groups -OCH3 is 3. The summed E-state index contributed by atoms with van der Waals surface area (Å²) in [7, 11) is 4.23. The summed E-state index contributed by atoms with van der Waals surface area (Å²) in [5, 5.41) is 11.6. The monoisotopic (exact) mass is 523 g/mol. The number of ether oxygens (including phenoxy) is 4. The van der Waals surface area contributed by atoms with E-state index in [0.29, 0.717) is 11.3 Å². The van der Waals surface area contributed by atoms with E-state index in [9.17, 15) is 14.7 Å². The summed E-state index contributed by atoms with van der Waals surface area (Å²) in [5.41, 5.74) is 0.421. The highest BCUT2D eigenvalue weighted by molar-refractivity contribution is 6.47. The minimum atomic E-state index is -0.954. The summed E-state index contributed by atoms with van der Waals surface area (Å²) in [6.07, 6.45) is -0.170. The predicted molar refractivity (Wildman–Crippen MR) is 133 cm³/mol. The van der Waals surface area contributed by atoms with Crippen LogP contribution in [0.2, 0.25) is 10.0 Å². The van der Waals surface area contributed by atoms with Crippen LogP contribution < -0.4 is 14.2 Å². The fraction of sp³-hybridized carbons (Fsp3) is 0.360. The van der Waals surface area contributed by atoms with Crippen molar-refractivity contribution in [1.29, 1.82) is 0 Å². The van der Waals surface area contributed by atoms with Crippen molar-refractivity contribution in [2.24, 2.45) is 0 Å². The summed E-state index contributed by atoms with van der Waals surface area (Å²) in [4.78, 5) is 27.7. The van der Waals surface area contributed by atoms with Crippen LogP contribution in [0.1, 0.15) is 31.0 Å². The molecule has 1 aliphatic rings. The summed E-state index contributed by atoms with van der Waals surface area (Å²) in [6.45, 7) is 4.02. The van der Waals surface area contributed by atoms with Crippen molar-refractivity contribution < 1.29 is 33.6 Å². The van der Waals surface area contributed by atoms with Gasteiger partial charge in [0.05, 0.1) is 49.1 Å². The predicted octanol–water partition coefficient (Wildman–Crippen LogP) is 4.87. The third kappa shape index (κ3) is 5.05. The van der Waals surface area contributed by atoms with E-state index >= 15 is 0 Å². The van der Waals surface area contributed by atoms with Crippen molar-refractivity contribution >= 4 is 40.7 Å². The summed E-state index contributed by atoms with van der Waals surface area (Å²) in [6, 6.07) is 7.45. The minimum Gasteiger partial charge on any atom is -0.507 e. The lowest BCUT2D eigenvalue weighted by Gasteiger charge is -2.27. The lowest BCUT2D eigenvalue weighted by Crippen LogP contribution is -2.33. The molecule has 8 nitrogen and oxygen atoms in total. The fourth-order valence-corrected chi connectivity index (χ4v) is 4.67. The number of carbonyl (C=O) groups excluding carboxylic acids is 2. The molecule has 0 aliphatic carbocycles. The molecule has 0 bridgehead atoms. The van der Waals surface area contributed by atoms with Crippen LogP contribution in [0.25, 0.3) is 5.76 Å². The van der Waals surface area contributed by atoms with Crippen LogP contribution in [0.4, 0.5) is 0 Å². The molecule has 1 N–H and O–H groups in total. The third-order valence-corrected chi connectivity index (χ3v) is 6.07. The lowest BCUT2D eigenvalue weighted by molar-refractivity contribution is -0.140. The molecule has 35 heavy (non-hydrogen) atoms. The van der Waals surface area contributed by atoms with Crippen LogP contribution in [0.5, 0.6) is 17.2 Å². The number of hydrogen-bond acceptors (Lipinski definition) is 7.